The molecule has 0 aromatic rings. The molecule has 0 aromatic carbocycles. The van der Waals surface area contributed by atoms with Gasteiger partial charge in [0.05, 0.1) is 32.0 Å². The summed E-state index contributed by atoms with van der Waals surface area (Å²) in [4.78, 5) is 15.8. The SMILES string of the molecule is COC[C@]12CC[C@@](C)(O)C[C@@H]1CC[C@H]1[C@@H]3CC[C@H](C(=O)CN4CCOCC4)[C@@]3(C)CC[C@@H]12. The smallest absolute Gasteiger partial charge is 0.150 e. The predicted octanol–water partition coefficient (Wildman–Crippen LogP) is 3.92. The summed E-state index contributed by atoms with van der Waals surface area (Å²) in [6.07, 6.45) is 10.2. The average Bonchev–Trinajstić information content (AvgIpc) is 3.12. The minimum Gasteiger partial charge on any atom is -0.390 e. The number of aliphatic hydroxyl groups is 1. The van der Waals surface area contributed by atoms with Gasteiger partial charge in [-0.2, -0.15) is 0 Å². The average molecular weight is 448 g/mol. The van der Waals surface area contributed by atoms with Crippen LogP contribution in [0.25, 0.3) is 0 Å². The molecular weight excluding hydrogens is 402 g/mol. The van der Waals surface area contributed by atoms with Gasteiger partial charge < -0.3 is 14.6 Å². The van der Waals surface area contributed by atoms with Gasteiger partial charge in [0.1, 0.15) is 5.78 Å². The Hall–Kier alpha value is -0.490. The summed E-state index contributed by atoms with van der Waals surface area (Å²) in [6.45, 7) is 9.28. The summed E-state index contributed by atoms with van der Waals surface area (Å²) in [5.74, 6) is 3.41. The summed E-state index contributed by atoms with van der Waals surface area (Å²) in [7, 11) is 1.87. The van der Waals surface area contributed by atoms with E-state index < -0.39 is 5.60 Å². The van der Waals surface area contributed by atoms with Crippen molar-refractivity contribution < 1.29 is 19.4 Å². The molecule has 1 heterocycles. The van der Waals surface area contributed by atoms with Crippen LogP contribution in [0.2, 0.25) is 0 Å². The monoisotopic (exact) mass is 447 g/mol. The van der Waals surface area contributed by atoms with E-state index in [9.17, 15) is 9.90 Å². The van der Waals surface area contributed by atoms with Gasteiger partial charge in [0.25, 0.3) is 0 Å². The van der Waals surface area contributed by atoms with E-state index in [0.717, 1.165) is 64.5 Å². The van der Waals surface area contributed by atoms with E-state index in [2.05, 4.69) is 11.8 Å². The molecule has 1 saturated heterocycles. The highest BCUT2D eigenvalue weighted by Crippen LogP contribution is 2.68. The third-order valence-corrected chi connectivity index (χ3v) is 10.9. The van der Waals surface area contributed by atoms with Gasteiger partial charge in [-0.05, 0) is 99.2 Å². The van der Waals surface area contributed by atoms with E-state index in [1.807, 2.05) is 14.0 Å². The van der Waals surface area contributed by atoms with Crippen LogP contribution in [-0.2, 0) is 14.3 Å². The quantitative estimate of drug-likeness (QED) is 0.692. The lowest BCUT2D eigenvalue weighted by Crippen LogP contribution is -2.58. The summed E-state index contributed by atoms with van der Waals surface area (Å²) in [6, 6.07) is 0. The molecule has 0 bridgehead atoms. The number of hydrogen-bond donors (Lipinski definition) is 1. The molecular formula is C27H45NO4. The van der Waals surface area contributed by atoms with Gasteiger partial charge in [0.2, 0.25) is 0 Å². The van der Waals surface area contributed by atoms with Crippen LogP contribution in [0.1, 0.15) is 71.6 Å². The van der Waals surface area contributed by atoms with E-state index in [4.69, 9.17) is 9.47 Å². The summed E-state index contributed by atoms with van der Waals surface area (Å²) in [5.41, 5.74) is -0.106. The Balaban J connectivity index is 1.34. The van der Waals surface area contributed by atoms with Crippen molar-refractivity contribution in [2.75, 3.05) is 46.6 Å². The molecule has 5 fully saturated rings. The van der Waals surface area contributed by atoms with Crippen molar-refractivity contribution in [2.24, 2.45) is 40.4 Å². The fourth-order valence-corrected chi connectivity index (χ4v) is 9.40. The van der Waals surface area contributed by atoms with E-state index >= 15 is 0 Å². The molecule has 0 unspecified atom stereocenters. The maximum atomic E-state index is 13.5. The highest BCUT2D eigenvalue weighted by atomic mass is 16.5. The molecule has 5 nitrogen and oxygen atoms in total. The predicted molar refractivity (Wildman–Crippen MR) is 124 cm³/mol. The van der Waals surface area contributed by atoms with Crippen LogP contribution < -0.4 is 0 Å². The van der Waals surface area contributed by atoms with Gasteiger partial charge in [0, 0.05) is 26.1 Å². The molecule has 0 spiro atoms. The Kier molecular flexibility index (Phi) is 6.27. The minimum atomic E-state index is -0.512. The zero-order valence-electron chi connectivity index (χ0n) is 20.6. The van der Waals surface area contributed by atoms with Crippen molar-refractivity contribution in [3.63, 3.8) is 0 Å². The van der Waals surface area contributed by atoms with Crippen LogP contribution in [0.3, 0.4) is 0 Å². The van der Waals surface area contributed by atoms with Gasteiger partial charge >= 0.3 is 0 Å². The second-order valence-electron chi connectivity index (χ2n) is 12.5. The summed E-state index contributed by atoms with van der Waals surface area (Å²) < 4.78 is 11.4. The zero-order chi connectivity index (χ0) is 22.6. The molecule has 4 aliphatic carbocycles. The third kappa shape index (κ3) is 3.79. The first-order valence-corrected chi connectivity index (χ1v) is 13.3. The van der Waals surface area contributed by atoms with Crippen molar-refractivity contribution in [3.05, 3.63) is 0 Å². The minimum absolute atomic E-state index is 0.172. The zero-order valence-corrected chi connectivity index (χ0v) is 20.6. The lowest BCUT2D eigenvalue weighted by atomic mass is 9.43. The summed E-state index contributed by atoms with van der Waals surface area (Å²) >= 11 is 0. The molecule has 182 valence electrons. The van der Waals surface area contributed by atoms with Gasteiger partial charge in [-0.15, -0.1) is 0 Å². The summed E-state index contributed by atoms with van der Waals surface area (Å²) in [5, 5.41) is 10.8. The molecule has 0 radical (unpaired) electrons. The number of ether oxygens (including phenoxy) is 2. The molecule has 8 atom stereocenters. The van der Waals surface area contributed by atoms with Crippen LogP contribution in [0.15, 0.2) is 0 Å². The highest BCUT2D eigenvalue weighted by Gasteiger charge is 2.63. The number of carbonyl (C=O) groups excluding carboxylic acids is 1. The second kappa shape index (κ2) is 8.62. The normalized spacial score (nSPS) is 49.2. The number of nitrogens with zero attached hydrogens (tertiary/aromatic N) is 1. The fourth-order valence-electron chi connectivity index (χ4n) is 9.40. The Bertz CT molecular complexity index is 704. The Morgan fingerprint density at radius 1 is 1.03 bits per heavy atom. The van der Waals surface area contributed by atoms with Crippen LogP contribution in [0, 0.1) is 40.4 Å². The lowest BCUT2D eigenvalue weighted by Gasteiger charge is -2.62. The van der Waals surface area contributed by atoms with Gasteiger partial charge in [-0.1, -0.05) is 6.92 Å². The molecule has 0 amide bonds. The van der Waals surface area contributed by atoms with Crippen molar-refractivity contribution in [2.45, 2.75) is 77.2 Å². The van der Waals surface area contributed by atoms with Crippen molar-refractivity contribution in [1.82, 2.24) is 4.90 Å². The second-order valence-corrected chi connectivity index (χ2v) is 12.5. The largest absolute Gasteiger partial charge is 0.390 e. The Labute approximate surface area is 194 Å². The number of hydrogen-bond acceptors (Lipinski definition) is 5. The maximum absolute atomic E-state index is 13.5. The van der Waals surface area contributed by atoms with E-state index in [-0.39, 0.29) is 16.7 Å². The fraction of sp³-hybridized carbons (Fsp3) is 0.963. The van der Waals surface area contributed by atoms with E-state index in [1.165, 1.54) is 32.1 Å². The molecule has 5 aliphatic rings. The first-order valence-electron chi connectivity index (χ1n) is 13.3. The van der Waals surface area contributed by atoms with Crippen molar-refractivity contribution in [1.29, 1.82) is 0 Å². The number of fused-ring (bicyclic) bond motifs is 5. The number of carbonyl (C=O) groups is 1. The number of methoxy groups -OCH3 is 1. The number of morpholine rings is 1. The molecule has 1 N–H and O–H groups in total. The van der Waals surface area contributed by atoms with E-state index in [0.29, 0.717) is 30.1 Å². The topological polar surface area (TPSA) is 59.0 Å². The lowest BCUT2D eigenvalue weighted by molar-refractivity contribution is -0.175. The van der Waals surface area contributed by atoms with Gasteiger partial charge in [0.15, 0.2) is 0 Å². The van der Waals surface area contributed by atoms with Crippen LogP contribution in [0.5, 0.6) is 0 Å². The number of Topliss-reactive ketones (excluding diaryl/α,β-unsaturated/α-hetero) is 1. The van der Waals surface area contributed by atoms with Gasteiger partial charge in [-0.3, -0.25) is 9.69 Å². The van der Waals surface area contributed by atoms with Crippen LogP contribution in [-0.4, -0.2) is 68.0 Å². The number of ketones is 1. The standard InChI is InChI=1S/C27H45NO4/c1-25(30)10-11-27(18-31-3)19(16-25)4-5-20-21-6-7-23(26(21,2)9-8-22(20)27)24(29)17-28-12-14-32-15-13-28/h19-23,30H,4-18H2,1-3H3/t19-,20-,21-,22-,23+,25+,26-,27+/m0/s1. The van der Waals surface area contributed by atoms with Crippen molar-refractivity contribution in [3.8, 4) is 0 Å². The molecule has 0 aromatic heterocycles. The Morgan fingerprint density at radius 2 is 1.81 bits per heavy atom. The van der Waals surface area contributed by atoms with Crippen molar-refractivity contribution >= 4 is 5.78 Å². The maximum Gasteiger partial charge on any atom is 0.150 e. The third-order valence-electron chi connectivity index (χ3n) is 10.9. The van der Waals surface area contributed by atoms with Gasteiger partial charge in [-0.25, -0.2) is 0 Å². The number of rotatable bonds is 5. The molecule has 1 aliphatic heterocycles. The first-order chi connectivity index (χ1) is 15.3. The molecule has 5 rings (SSSR count). The van der Waals surface area contributed by atoms with E-state index in [1.54, 1.807) is 0 Å². The van der Waals surface area contributed by atoms with Crippen LogP contribution >= 0.6 is 0 Å². The Morgan fingerprint density at radius 3 is 2.56 bits per heavy atom. The molecule has 4 saturated carbocycles. The molecule has 5 heteroatoms. The van der Waals surface area contributed by atoms with Crippen LogP contribution in [0.4, 0.5) is 0 Å². The first kappa shape index (κ1) is 23.3. The molecule has 32 heavy (non-hydrogen) atoms. The highest BCUT2D eigenvalue weighted by molar-refractivity contribution is 5.84.